The van der Waals surface area contributed by atoms with Crippen molar-refractivity contribution in [3.8, 4) is 5.75 Å². The predicted molar refractivity (Wildman–Crippen MR) is 146 cm³/mol. The zero-order valence-electron chi connectivity index (χ0n) is 21.6. The van der Waals surface area contributed by atoms with Crippen LogP contribution in [0.3, 0.4) is 0 Å². The summed E-state index contributed by atoms with van der Waals surface area (Å²) < 4.78 is 6.07. The Labute approximate surface area is 219 Å². The molecule has 1 N–H and O–H groups in total. The second-order valence-electron chi connectivity index (χ2n) is 10.2. The Morgan fingerprint density at radius 3 is 2.62 bits per heavy atom. The summed E-state index contributed by atoms with van der Waals surface area (Å²) in [5, 5.41) is 5.15. The fraction of sp³-hybridized carbons (Fsp3) is 0.400. The van der Waals surface area contributed by atoms with Gasteiger partial charge in [-0.3, -0.25) is 14.5 Å². The van der Waals surface area contributed by atoms with E-state index in [1.54, 1.807) is 0 Å². The number of hydrogen-bond donors (Lipinski definition) is 1. The third-order valence-electron chi connectivity index (χ3n) is 7.32. The first-order chi connectivity index (χ1) is 18.0. The summed E-state index contributed by atoms with van der Waals surface area (Å²) in [6.45, 7) is 6.27. The van der Waals surface area contributed by atoms with Crippen molar-refractivity contribution in [2.75, 3.05) is 52.9 Å². The first-order valence-electron chi connectivity index (χ1n) is 13.2. The number of hydrogen-bond acceptors (Lipinski definition) is 5. The molecule has 0 aliphatic carbocycles. The molecule has 0 radical (unpaired) electrons. The van der Waals surface area contributed by atoms with Gasteiger partial charge in [-0.2, -0.15) is 0 Å². The summed E-state index contributed by atoms with van der Waals surface area (Å²) in [6, 6.07) is 22.5. The molecule has 2 saturated heterocycles. The molecule has 1 atom stereocenters. The van der Waals surface area contributed by atoms with Gasteiger partial charge in [0.2, 0.25) is 5.91 Å². The van der Waals surface area contributed by atoms with Gasteiger partial charge in [-0.1, -0.05) is 48.5 Å². The number of carbonyl (C=O) groups excluding carboxylic acids is 2. The maximum Gasteiger partial charge on any atom is 0.254 e. The highest BCUT2D eigenvalue weighted by atomic mass is 16.5. The lowest BCUT2D eigenvalue weighted by Crippen LogP contribution is -2.49. The van der Waals surface area contributed by atoms with Crippen molar-refractivity contribution in [1.29, 1.82) is 0 Å². The smallest absolute Gasteiger partial charge is 0.254 e. The minimum atomic E-state index is 0.116. The summed E-state index contributed by atoms with van der Waals surface area (Å²) >= 11 is 0. The molecule has 3 aromatic carbocycles. The van der Waals surface area contributed by atoms with Crippen molar-refractivity contribution in [2.45, 2.75) is 25.4 Å². The van der Waals surface area contributed by atoms with Gasteiger partial charge in [0.1, 0.15) is 12.4 Å². The Morgan fingerprint density at radius 2 is 1.81 bits per heavy atom. The van der Waals surface area contributed by atoms with Crippen LogP contribution in [0, 0.1) is 0 Å². The molecule has 194 valence electrons. The Kier molecular flexibility index (Phi) is 8.02. The van der Waals surface area contributed by atoms with E-state index in [1.165, 1.54) is 5.56 Å². The second-order valence-corrected chi connectivity index (χ2v) is 10.2. The van der Waals surface area contributed by atoms with Gasteiger partial charge >= 0.3 is 0 Å². The molecule has 0 saturated carbocycles. The van der Waals surface area contributed by atoms with Crippen molar-refractivity contribution in [1.82, 2.24) is 20.0 Å². The number of rotatable bonds is 9. The third-order valence-corrected chi connectivity index (χ3v) is 7.32. The van der Waals surface area contributed by atoms with Crippen molar-refractivity contribution < 1.29 is 14.3 Å². The molecule has 2 aliphatic heterocycles. The molecule has 7 nitrogen and oxygen atoms in total. The molecule has 2 aliphatic rings. The van der Waals surface area contributed by atoms with E-state index in [0.717, 1.165) is 74.3 Å². The molecule has 5 rings (SSSR count). The van der Waals surface area contributed by atoms with Crippen LogP contribution in [0.4, 0.5) is 0 Å². The van der Waals surface area contributed by atoms with E-state index in [-0.39, 0.29) is 17.9 Å². The van der Waals surface area contributed by atoms with Gasteiger partial charge in [0, 0.05) is 63.8 Å². The van der Waals surface area contributed by atoms with E-state index in [9.17, 15) is 9.59 Å². The number of fused-ring (bicyclic) bond motifs is 1. The molecule has 0 unspecified atom stereocenters. The van der Waals surface area contributed by atoms with Crippen LogP contribution in [0.5, 0.6) is 5.75 Å². The summed E-state index contributed by atoms with van der Waals surface area (Å²) in [4.78, 5) is 31.2. The standard InChI is InChI=1S/C30H36N4O3/c1-32(22-25-12-13-29(35)31-25)21-23-6-4-9-26(20-23)37-19-18-33-14-16-34(17-15-33)30(36)28-11-5-8-24-7-2-3-10-27(24)28/h2-11,20,25H,12-19,21-22H2,1H3,(H,31,35)/t25-/m0/s1. The lowest BCUT2D eigenvalue weighted by atomic mass is 10.0. The van der Waals surface area contributed by atoms with Gasteiger partial charge in [-0.15, -0.1) is 0 Å². The molecular formula is C30H36N4O3. The number of carbonyl (C=O) groups is 2. The van der Waals surface area contributed by atoms with Crippen molar-refractivity contribution in [3.05, 3.63) is 77.9 Å². The fourth-order valence-corrected chi connectivity index (χ4v) is 5.35. The van der Waals surface area contributed by atoms with E-state index < -0.39 is 0 Å². The van der Waals surface area contributed by atoms with Gasteiger partial charge in [0.25, 0.3) is 5.91 Å². The normalized spacial score (nSPS) is 18.4. The predicted octanol–water partition coefficient (Wildman–Crippen LogP) is 3.39. The number of nitrogens with one attached hydrogen (secondary N) is 1. The largest absolute Gasteiger partial charge is 0.492 e. The molecule has 0 bridgehead atoms. The van der Waals surface area contributed by atoms with Crippen LogP contribution in [-0.2, 0) is 11.3 Å². The molecule has 2 heterocycles. The second kappa shape index (κ2) is 11.8. The Morgan fingerprint density at radius 1 is 1.03 bits per heavy atom. The summed E-state index contributed by atoms with van der Waals surface area (Å²) in [5.74, 6) is 1.15. The SMILES string of the molecule is CN(Cc1cccc(OCCN2CCN(C(=O)c3cccc4ccccc34)CC2)c1)C[C@@H]1CCC(=O)N1. The first-order valence-corrected chi connectivity index (χ1v) is 13.2. The number of amides is 2. The maximum absolute atomic E-state index is 13.2. The molecule has 2 amide bonds. The van der Waals surface area contributed by atoms with E-state index in [2.05, 4.69) is 46.4 Å². The Bertz CT molecular complexity index is 1230. The summed E-state index contributed by atoms with van der Waals surface area (Å²) in [7, 11) is 2.09. The van der Waals surface area contributed by atoms with Gasteiger partial charge in [-0.25, -0.2) is 0 Å². The van der Waals surface area contributed by atoms with Crippen LogP contribution < -0.4 is 10.1 Å². The molecule has 37 heavy (non-hydrogen) atoms. The van der Waals surface area contributed by atoms with Gasteiger partial charge in [0.05, 0.1) is 0 Å². The number of ether oxygens (including phenoxy) is 1. The minimum absolute atomic E-state index is 0.116. The van der Waals surface area contributed by atoms with E-state index >= 15 is 0 Å². The summed E-state index contributed by atoms with van der Waals surface area (Å²) in [5.41, 5.74) is 1.98. The highest BCUT2D eigenvalue weighted by Crippen LogP contribution is 2.21. The average molecular weight is 501 g/mol. The monoisotopic (exact) mass is 500 g/mol. The number of benzene rings is 3. The number of nitrogens with zero attached hydrogens (tertiary/aromatic N) is 3. The van der Waals surface area contributed by atoms with Crippen LogP contribution in [-0.4, -0.2) is 85.5 Å². The fourth-order valence-electron chi connectivity index (χ4n) is 5.35. The molecule has 0 aromatic heterocycles. The van der Waals surface area contributed by atoms with Crippen molar-refractivity contribution in [3.63, 3.8) is 0 Å². The highest BCUT2D eigenvalue weighted by molar-refractivity contribution is 6.07. The van der Waals surface area contributed by atoms with E-state index in [1.807, 2.05) is 47.4 Å². The lowest BCUT2D eigenvalue weighted by Gasteiger charge is -2.34. The minimum Gasteiger partial charge on any atom is -0.492 e. The van der Waals surface area contributed by atoms with Crippen LogP contribution in [0.2, 0.25) is 0 Å². The quantitative estimate of drug-likeness (QED) is 0.488. The van der Waals surface area contributed by atoms with Crippen LogP contribution in [0.1, 0.15) is 28.8 Å². The van der Waals surface area contributed by atoms with Crippen molar-refractivity contribution >= 4 is 22.6 Å². The molecule has 7 heteroatoms. The topological polar surface area (TPSA) is 65.1 Å². The number of likely N-dealkylation sites (N-methyl/N-ethyl adjacent to an activating group) is 1. The van der Waals surface area contributed by atoms with Crippen molar-refractivity contribution in [2.24, 2.45) is 0 Å². The van der Waals surface area contributed by atoms with E-state index in [0.29, 0.717) is 13.0 Å². The molecule has 2 fully saturated rings. The molecule has 0 spiro atoms. The highest BCUT2D eigenvalue weighted by Gasteiger charge is 2.24. The lowest BCUT2D eigenvalue weighted by molar-refractivity contribution is -0.119. The molecular weight excluding hydrogens is 464 g/mol. The van der Waals surface area contributed by atoms with Crippen LogP contribution in [0.25, 0.3) is 10.8 Å². The Hall–Kier alpha value is -3.42. The van der Waals surface area contributed by atoms with Gasteiger partial charge < -0.3 is 19.9 Å². The average Bonchev–Trinajstić information content (AvgIpc) is 3.32. The van der Waals surface area contributed by atoms with Crippen LogP contribution in [0.15, 0.2) is 66.7 Å². The van der Waals surface area contributed by atoms with Gasteiger partial charge in [0.15, 0.2) is 0 Å². The van der Waals surface area contributed by atoms with Crippen LogP contribution >= 0.6 is 0 Å². The van der Waals surface area contributed by atoms with Gasteiger partial charge in [-0.05, 0) is 48.0 Å². The third kappa shape index (κ3) is 6.48. The number of piperazine rings is 1. The zero-order chi connectivity index (χ0) is 25.6. The first kappa shape index (κ1) is 25.2. The van der Waals surface area contributed by atoms with E-state index in [4.69, 9.17) is 4.74 Å². The summed E-state index contributed by atoms with van der Waals surface area (Å²) in [6.07, 6.45) is 1.55. The Balaban J connectivity index is 1.06. The molecule has 3 aromatic rings. The zero-order valence-corrected chi connectivity index (χ0v) is 21.6. The maximum atomic E-state index is 13.2.